The molecule has 0 aromatic heterocycles. The number of esters is 1. The molecule has 0 aliphatic heterocycles. The number of carboxylic acids is 2. The summed E-state index contributed by atoms with van der Waals surface area (Å²) in [6.07, 6.45) is 10.1. The van der Waals surface area contributed by atoms with Crippen molar-refractivity contribution in [3.05, 3.63) is 12.2 Å². The van der Waals surface area contributed by atoms with Gasteiger partial charge in [-0.2, -0.15) is 0 Å². The van der Waals surface area contributed by atoms with E-state index in [0.717, 1.165) is 64.2 Å². The molecule has 6 saturated carbocycles. The third-order valence-electron chi connectivity index (χ3n) is 16.5. The number of allylic oxidation sites excluding steroid dienone is 1. The Balaban J connectivity index is 1.25. The summed E-state index contributed by atoms with van der Waals surface area (Å²) >= 11 is 0. The van der Waals surface area contributed by atoms with Crippen LogP contribution in [0.5, 0.6) is 0 Å². The minimum atomic E-state index is -0.823. The summed E-state index contributed by atoms with van der Waals surface area (Å²) in [6.45, 7) is 22.5. The molecule has 6 rings (SSSR count). The minimum Gasteiger partial charge on any atom is -0.481 e. The van der Waals surface area contributed by atoms with Crippen LogP contribution in [0.1, 0.15) is 126 Å². The van der Waals surface area contributed by atoms with E-state index in [1.54, 1.807) is 0 Å². The Morgan fingerprint density at radius 1 is 0.727 bits per heavy atom. The Morgan fingerprint density at radius 3 is 2.00 bits per heavy atom. The first-order chi connectivity index (χ1) is 20.3. The number of ether oxygens (including phenoxy) is 1. The summed E-state index contributed by atoms with van der Waals surface area (Å²) in [5.41, 5.74) is 0.166. The quantitative estimate of drug-likeness (QED) is 0.240. The van der Waals surface area contributed by atoms with Crippen LogP contribution in [0.15, 0.2) is 12.2 Å². The first-order valence-corrected chi connectivity index (χ1v) is 17.6. The fraction of sp³-hybridized carbons (Fsp3) is 0.868. The van der Waals surface area contributed by atoms with E-state index in [0.29, 0.717) is 30.1 Å². The van der Waals surface area contributed by atoms with E-state index in [4.69, 9.17) is 4.74 Å². The van der Waals surface area contributed by atoms with Crippen molar-refractivity contribution in [2.75, 3.05) is 0 Å². The van der Waals surface area contributed by atoms with Crippen LogP contribution < -0.4 is 0 Å². The monoisotopic (exact) mass is 610 g/mol. The maximum absolute atomic E-state index is 13.5. The van der Waals surface area contributed by atoms with Gasteiger partial charge in [-0.25, -0.2) is 0 Å². The summed E-state index contributed by atoms with van der Waals surface area (Å²) < 4.78 is 6.35. The van der Waals surface area contributed by atoms with Gasteiger partial charge in [-0.05, 0) is 129 Å². The van der Waals surface area contributed by atoms with Crippen LogP contribution in [0, 0.1) is 73.9 Å². The molecule has 0 radical (unpaired) electrons. The average Bonchev–Trinajstić information content (AvgIpc) is 3.31. The third-order valence-corrected chi connectivity index (χ3v) is 16.5. The van der Waals surface area contributed by atoms with Crippen LogP contribution in [0.4, 0.5) is 0 Å². The summed E-state index contributed by atoms with van der Waals surface area (Å²) in [5, 5.41) is 20.2. The number of fused-ring (bicyclic) bond motifs is 7. The van der Waals surface area contributed by atoms with Gasteiger partial charge in [-0.15, -0.1) is 0 Å². The van der Waals surface area contributed by atoms with Crippen molar-refractivity contribution in [2.45, 2.75) is 132 Å². The molecule has 6 fully saturated rings. The van der Waals surface area contributed by atoms with Crippen molar-refractivity contribution in [3.63, 3.8) is 0 Å². The number of carboxylic acid groups (broad SMARTS) is 2. The van der Waals surface area contributed by atoms with Gasteiger partial charge >= 0.3 is 17.9 Å². The number of aliphatic carboxylic acids is 2. The van der Waals surface area contributed by atoms with Crippen LogP contribution >= 0.6 is 0 Å². The van der Waals surface area contributed by atoms with Crippen LogP contribution in [-0.2, 0) is 19.1 Å². The maximum Gasteiger partial charge on any atom is 0.309 e. The molecule has 0 aromatic rings. The van der Waals surface area contributed by atoms with Crippen molar-refractivity contribution in [1.29, 1.82) is 0 Å². The van der Waals surface area contributed by atoms with Crippen LogP contribution in [0.25, 0.3) is 0 Å². The standard InChI is InChI=1S/C38H58O6/c1-21(2)22-12-17-38(32(42)43)19-18-36(8)23(29(22)38)10-11-27-35(7)15-14-28(34(5,6)26(35)13-16-37(27,36)9)44-31(41)25-20-24(30(39)40)33(25,3)4/h22-29H,1,10-20H2,2-9H3,(H,39,40)(H,42,43)/t22?,23?,24?,25?,26?,27?,28-,29?,35-,36+,37+,38-/m0/s1. The van der Waals surface area contributed by atoms with Gasteiger partial charge in [0.2, 0.25) is 0 Å². The SMILES string of the molecule is C=C(C)C1CC[C@]2(C(=O)O)CC[C@]3(C)C(CCC4[C@@]5(C)CC[C@H](OC(=O)C6CC(C(=O)O)C6(C)C)C(C)(C)C5CC[C@]43C)C12. The first kappa shape index (κ1) is 32.1. The molecule has 0 bridgehead atoms. The highest BCUT2D eigenvalue weighted by Gasteiger charge is 2.72. The normalized spacial score (nSPS) is 50.1. The van der Waals surface area contributed by atoms with Crippen molar-refractivity contribution in [3.8, 4) is 0 Å². The average molecular weight is 611 g/mol. The topological polar surface area (TPSA) is 101 Å². The molecule has 44 heavy (non-hydrogen) atoms. The number of hydrogen-bond acceptors (Lipinski definition) is 4. The smallest absolute Gasteiger partial charge is 0.309 e. The molecular formula is C38H58O6. The molecule has 6 aliphatic rings. The minimum absolute atomic E-state index is 0.0928. The Bertz CT molecular complexity index is 1270. The van der Waals surface area contributed by atoms with Crippen molar-refractivity contribution in [2.24, 2.45) is 73.9 Å². The Kier molecular flexibility index (Phi) is 7.17. The fourth-order valence-electron chi connectivity index (χ4n) is 13.7. The predicted octanol–water partition coefficient (Wildman–Crippen LogP) is 8.39. The lowest BCUT2D eigenvalue weighted by Gasteiger charge is -2.72. The van der Waals surface area contributed by atoms with Gasteiger partial charge in [0.05, 0.1) is 17.3 Å². The Labute approximate surface area is 265 Å². The van der Waals surface area contributed by atoms with Gasteiger partial charge in [-0.3, -0.25) is 14.4 Å². The van der Waals surface area contributed by atoms with E-state index >= 15 is 0 Å². The summed E-state index contributed by atoms with van der Waals surface area (Å²) in [7, 11) is 0. The van der Waals surface area contributed by atoms with Crippen molar-refractivity contribution >= 4 is 17.9 Å². The van der Waals surface area contributed by atoms with Crippen LogP contribution in [0.2, 0.25) is 0 Å². The number of carbonyl (C=O) groups excluding carboxylic acids is 1. The molecular weight excluding hydrogens is 552 g/mol. The lowest BCUT2D eigenvalue weighted by atomic mass is 9.32. The molecule has 0 aromatic carbocycles. The summed E-state index contributed by atoms with van der Waals surface area (Å²) in [4.78, 5) is 38.1. The summed E-state index contributed by atoms with van der Waals surface area (Å²) in [5.74, 6) is -0.593. The van der Waals surface area contributed by atoms with E-state index in [1.165, 1.54) is 5.57 Å². The van der Waals surface area contributed by atoms with Gasteiger partial charge in [0, 0.05) is 5.41 Å². The third kappa shape index (κ3) is 3.93. The van der Waals surface area contributed by atoms with Crippen LogP contribution in [0.3, 0.4) is 0 Å². The van der Waals surface area contributed by atoms with Gasteiger partial charge in [0.1, 0.15) is 6.10 Å². The molecule has 0 spiro atoms. The highest BCUT2D eigenvalue weighted by atomic mass is 16.5. The largest absolute Gasteiger partial charge is 0.481 e. The fourth-order valence-corrected chi connectivity index (χ4v) is 13.7. The Morgan fingerprint density at radius 2 is 1.41 bits per heavy atom. The lowest BCUT2D eigenvalue weighted by molar-refractivity contribution is -0.252. The molecule has 2 N–H and O–H groups in total. The second-order valence-electron chi connectivity index (χ2n) is 18.4. The molecule has 0 saturated heterocycles. The van der Waals surface area contributed by atoms with Gasteiger partial charge in [0.15, 0.2) is 0 Å². The molecule has 6 nitrogen and oxygen atoms in total. The highest BCUT2D eigenvalue weighted by Crippen LogP contribution is 2.77. The predicted molar refractivity (Wildman–Crippen MR) is 169 cm³/mol. The number of hydrogen-bond donors (Lipinski definition) is 2. The van der Waals surface area contributed by atoms with Gasteiger partial charge < -0.3 is 14.9 Å². The second kappa shape index (κ2) is 9.83. The second-order valence-corrected chi connectivity index (χ2v) is 18.4. The van der Waals surface area contributed by atoms with E-state index in [-0.39, 0.29) is 45.6 Å². The molecule has 6 heteroatoms. The molecule has 246 valence electrons. The molecule has 7 unspecified atom stereocenters. The zero-order valence-corrected chi connectivity index (χ0v) is 28.6. The van der Waals surface area contributed by atoms with Crippen LogP contribution in [-0.4, -0.2) is 34.2 Å². The Hall–Kier alpha value is -1.85. The lowest BCUT2D eigenvalue weighted by Crippen LogP contribution is -2.67. The first-order valence-electron chi connectivity index (χ1n) is 17.6. The van der Waals surface area contributed by atoms with E-state index in [9.17, 15) is 24.6 Å². The van der Waals surface area contributed by atoms with Gasteiger partial charge in [-0.1, -0.05) is 60.6 Å². The van der Waals surface area contributed by atoms with E-state index in [1.807, 2.05) is 13.8 Å². The van der Waals surface area contributed by atoms with Gasteiger partial charge in [0.25, 0.3) is 0 Å². The maximum atomic E-state index is 13.5. The number of rotatable bonds is 5. The zero-order valence-electron chi connectivity index (χ0n) is 28.6. The zero-order chi connectivity index (χ0) is 32.4. The summed E-state index contributed by atoms with van der Waals surface area (Å²) in [6, 6.07) is 0. The molecule has 12 atom stereocenters. The van der Waals surface area contributed by atoms with E-state index in [2.05, 4.69) is 48.1 Å². The number of carbonyl (C=O) groups is 3. The highest BCUT2D eigenvalue weighted by molar-refractivity contribution is 5.81. The molecule has 6 aliphatic carbocycles. The van der Waals surface area contributed by atoms with Crippen molar-refractivity contribution in [1.82, 2.24) is 0 Å². The molecule has 0 amide bonds. The molecule has 0 heterocycles. The van der Waals surface area contributed by atoms with Crippen molar-refractivity contribution < 1.29 is 29.3 Å². The van der Waals surface area contributed by atoms with E-state index < -0.39 is 28.7 Å².